The molecule has 168 valence electrons. The molecule has 0 bridgehead atoms. The zero-order valence-corrected chi connectivity index (χ0v) is 18.3. The minimum atomic E-state index is -4.06. The zero-order chi connectivity index (χ0) is 23.4. The number of nitrogens with zero attached hydrogens (tertiary/aromatic N) is 4. The lowest BCUT2D eigenvalue weighted by Crippen LogP contribution is -2.41. The summed E-state index contributed by atoms with van der Waals surface area (Å²) < 4.78 is 38.0. The van der Waals surface area contributed by atoms with Crippen molar-refractivity contribution in [1.82, 2.24) is 30.5 Å². The molecule has 9 nitrogen and oxygen atoms in total. The lowest BCUT2D eigenvalue weighted by atomic mass is 10.1. The predicted octanol–water partition coefficient (Wildman–Crippen LogP) is 2.46. The van der Waals surface area contributed by atoms with E-state index in [-0.39, 0.29) is 16.0 Å². The van der Waals surface area contributed by atoms with Gasteiger partial charge in [0.1, 0.15) is 5.82 Å². The van der Waals surface area contributed by atoms with Crippen LogP contribution in [0.5, 0.6) is 0 Å². The number of benzene rings is 3. The van der Waals surface area contributed by atoms with E-state index >= 15 is 0 Å². The SMILES string of the molecule is Cc1cc(F)ccc1S(=O)(=O)NNC(=O)c1ccc(Cn2nnc(-c3ccccc3)n2)cc1. The van der Waals surface area contributed by atoms with Gasteiger partial charge in [0.25, 0.3) is 15.9 Å². The topological polar surface area (TPSA) is 119 Å². The monoisotopic (exact) mass is 466 g/mol. The Hall–Kier alpha value is -3.96. The van der Waals surface area contributed by atoms with E-state index in [4.69, 9.17) is 0 Å². The highest BCUT2D eigenvalue weighted by Gasteiger charge is 2.18. The predicted molar refractivity (Wildman–Crippen MR) is 118 cm³/mol. The Morgan fingerprint density at radius 3 is 2.45 bits per heavy atom. The van der Waals surface area contributed by atoms with Crippen molar-refractivity contribution < 1.29 is 17.6 Å². The Balaban J connectivity index is 1.38. The van der Waals surface area contributed by atoms with Crippen molar-refractivity contribution in [2.75, 3.05) is 0 Å². The first-order chi connectivity index (χ1) is 15.8. The van der Waals surface area contributed by atoms with Crippen molar-refractivity contribution in [3.05, 3.63) is 95.3 Å². The van der Waals surface area contributed by atoms with Gasteiger partial charge in [-0.15, -0.1) is 15.0 Å². The molecule has 1 aromatic heterocycles. The van der Waals surface area contributed by atoms with E-state index in [1.807, 2.05) is 35.2 Å². The van der Waals surface area contributed by atoms with Crippen LogP contribution in [0.25, 0.3) is 11.4 Å². The van der Waals surface area contributed by atoms with E-state index in [1.54, 1.807) is 24.3 Å². The second-order valence-electron chi connectivity index (χ2n) is 7.18. The Bertz CT molecular complexity index is 1390. The van der Waals surface area contributed by atoms with Crippen molar-refractivity contribution in [1.29, 1.82) is 0 Å². The van der Waals surface area contributed by atoms with Crippen LogP contribution in [0.15, 0.2) is 77.7 Å². The number of aryl methyl sites for hydroxylation is 1. The quantitative estimate of drug-likeness (QED) is 0.404. The van der Waals surface area contributed by atoms with Crippen molar-refractivity contribution in [2.45, 2.75) is 18.4 Å². The summed E-state index contributed by atoms with van der Waals surface area (Å²) in [6.45, 7) is 1.81. The van der Waals surface area contributed by atoms with Gasteiger partial charge in [-0.25, -0.2) is 12.8 Å². The number of nitrogens with one attached hydrogen (secondary N) is 2. The fraction of sp³-hybridized carbons (Fsp3) is 0.0909. The van der Waals surface area contributed by atoms with Crippen molar-refractivity contribution >= 4 is 15.9 Å². The van der Waals surface area contributed by atoms with Gasteiger partial charge in [0.05, 0.1) is 11.4 Å². The van der Waals surface area contributed by atoms with Gasteiger partial charge in [0.15, 0.2) is 0 Å². The van der Waals surface area contributed by atoms with E-state index in [2.05, 4.69) is 20.8 Å². The number of rotatable bonds is 7. The highest BCUT2D eigenvalue weighted by Crippen LogP contribution is 2.16. The number of aromatic nitrogens is 4. The molecule has 0 atom stereocenters. The van der Waals surface area contributed by atoms with Crippen LogP contribution in [-0.4, -0.2) is 34.5 Å². The van der Waals surface area contributed by atoms with Gasteiger partial charge in [-0.05, 0) is 53.6 Å². The zero-order valence-electron chi connectivity index (χ0n) is 17.4. The van der Waals surface area contributed by atoms with Crippen LogP contribution >= 0.6 is 0 Å². The first-order valence-electron chi connectivity index (χ1n) is 9.82. The number of tetrazole rings is 1. The summed E-state index contributed by atoms with van der Waals surface area (Å²) in [5.41, 5.74) is 4.31. The molecule has 3 aromatic carbocycles. The normalized spacial score (nSPS) is 11.3. The van der Waals surface area contributed by atoms with Gasteiger partial charge in [0, 0.05) is 11.1 Å². The molecule has 4 rings (SSSR count). The van der Waals surface area contributed by atoms with E-state index in [9.17, 15) is 17.6 Å². The van der Waals surface area contributed by atoms with Crippen LogP contribution in [0.3, 0.4) is 0 Å². The number of hydrazine groups is 1. The average Bonchev–Trinajstić information content (AvgIpc) is 3.27. The van der Waals surface area contributed by atoms with Crippen molar-refractivity contribution in [3.8, 4) is 11.4 Å². The van der Waals surface area contributed by atoms with E-state index in [0.29, 0.717) is 12.4 Å². The summed E-state index contributed by atoms with van der Waals surface area (Å²) in [5.74, 6) is -0.682. The maximum atomic E-state index is 13.2. The summed E-state index contributed by atoms with van der Waals surface area (Å²) in [7, 11) is -4.06. The molecule has 0 saturated heterocycles. The highest BCUT2D eigenvalue weighted by molar-refractivity contribution is 7.89. The Labute approximate surface area is 189 Å². The first kappa shape index (κ1) is 22.2. The fourth-order valence-corrected chi connectivity index (χ4v) is 4.16. The second kappa shape index (κ2) is 9.27. The lowest BCUT2D eigenvalue weighted by Gasteiger charge is -2.11. The molecular formula is C22H19FN6O3S. The number of hydrogen-bond donors (Lipinski definition) is 2. The Kier molecular flexibility index (Phi) is 6.24. The molecule has 0 spiro atoms. The molecular weight excluding hydrogens is 447 g/mol. The number of carbonyl (C=O) groups is 1. The summed E-state index contributed by atoms with van der Waals surface area (Å²) in [6.07, 6.45) is 0. The Morgan fingerprint density at radius 2 is 1.76 bits per heavy atom. The summed E-state index contributed by atoms with van der Waals surface area (Å²) in [6, 6.07) is 19.3. The first-order valence-corrected chi connectivity index (χ1v) is 11.3. The third-order valence-corrected chi connectivity index (χ3v) is 6.16. The molecule has 0 fully saturated rings. The molecule has 33 heavy (non-hydrogen) atoms. The van der Waals surface area contributed by atoms with E-state index in [1.165, 1.54) is 11.7 Å². The highest BCUT2D eigenvalue weighted by atomic mass is 32.2. The number of carbonyl (C=O) groups excluding carboxylic acids is 1. The molecule has 4 aromatic rings. The van der Waals surface area contributed by atoms with Gasteiger partial charge in [0.2, 0.25) is 5.82 Å². The third-order valence-electron chi connectivity index (χ3n) is 4.75. The third kappa shape index (κ3) is 5.27. The molecule has 2 N–H and O–H groups in total. The molecule has 0 aliphatic rings. The minimum Gasteiger partial charge on any atom is -0.273 e. The summed E-state index contributed by atoms with van der Waals surface area (Å²) >= 11 is 0. The number of sulfonamides is 1. The van der Waals surface area contributed by atoms with Gasteiger partial charge < -0.3 is 0 Å². The lowest BCUT2D eigenvalue weighted by molar-refractivity contribution is 0.0945. The van der Waals surface area contributed by atoms with Gasteiger partial charge in [-0.3, -0.25) is 10.2 Å². The van der Waals surface area contributed by atoms with Crippen LogP contribution < -0.4 is 10.3 Å². The molecule has 0 saturated carbocycles. The molecule has 0 aliphatic carbocycles. The van der Waals surface area contributed by atoms with Gasteiger partial charge >= 0.3 is 0 Å². The van der Waals surface area contributed by atoms with Gasteiger partial charge in [-0.2, -0.15) is 4.80 Å². The standard InChI is InChI=1S/C22H19FN6O3S/c1-15-13-19(23)11-12-20(15)33(31,32)28-25-22(30)18-9-7-16(8-10-18)14-29-26-21(24-27-29)17-5-3-2-4-6-17/h2-13,28H,14H2,1H3,(H,25,30). The molecule has 0 aliphatic heterocycles. The number of halogens is 1. The van der Waals surface area contributed by atoms with Crippen LogP contribution in [0, 0.1) is 12.7 Å². The molecule has 1 heterocycles. The molecule has 11 heteroatoms. The molecule has 1 amide bonds. The smallest absolute Gasteiger partial charge is 0.266 e. The Morgan fingerprint density at radius 1 is 1.03 bits per heavy atom. The largest absolute Gasteiger partial charge is 0.273 e. The maximum Gasteiger partial charge on any atom is 0.266 e. The van der Waals surface area contributed by atoms with Crippen molar-refractivity contribution in [3.63, 3.8) is 0 Å². The minimum absolute atomic E-state index is 0.130. The summed E-state index contributed by atoms with van der Waals surface area (Å²) in [5, 5.41) is 12.4. The van der Waals surface area contributed by atoms with Crippen LogP contribution in [0.4, 0.5) is 4.39 Å². The summed E-state index contributed by atoms with van der Waals surface area (Å²) in [4.78, 5) is 15.7. The van der Waals surface area contributed by atoms with Gasteiger partial charge in [-0.1, -0.05) is 42.5 Å². The second-order valence-corrected chi connectivity index (χ2v) is 8.83. The van der Waals surface area contributed by atoms with E-state index < -0.39 is 21.7 Å². The molecule has 0 unspecified atom stereocenters. The molecule has 0 radical (unpaired) electrons. The van der Waals surface area contributed by atoms with Crippen LogP contribution in [0.1, 0.15) is 21.5 Å². The maximum absolute atomic E-state index is 13.2. The number of hydrogen-bond acceptors (Lipinski definition) is 6. The van der Waals surface area contributed by atoms with E-state index in [0.717, 1.165) is 29.3 Å². The van der Waals surface area contributed by atoms with Crippen LogP contribution in [-0.2, 0) is 16.6 Å². The van der Waals surface area contributed by atoms with Crippen molar-refractivity contribution in [2.24, 2.45) is 0 Å². The number of amides is 1. The fourth-order valence-electron chi connectivity index (χ4n) is 3.09. The average molecular weight is 466 g/mol. The van der Waals surface area contributed by atoms with Crippen LogP contribution in [0.2, 0.25) is 0 Å².